The van der Waals surface area contributed by atoms with Crippen LogP contribution >= 0.6 is 0 Å². The zero-order valence-electron chi connectivity index (χ0n) is 18.5. The fourth-order valence-corrected chi connectivity index (χ4v) is 3.79. The lowest BCUT2D eigenvalue weighted by Crippen LogP contribution is -2.52. The van der Waals surface area contributed by atoms with E-state index in [1.165, 1.54) is 30.6 Å². The van der Waals surface area contributed by atoms with Crippen molar-refractivity contribution in [2.75, 3.05) is 13.2 Å². The van der Waals surface area contributed by atoms with Crippen molar-refractivity contribution in [2.45, 2.75) is 11.7 Å². The highest BCUT2D eigenvalue weighted by molar-refractivity contribution is 6.61. The number of nitrogens with zero attached hydrogens (tertiary/aromatic N) is 3. The average Bonchev–Trinajstić information content (AvgIpc) is 3.00. The summed E-state index contributed by atoms with van der Waals surface area (Å²) in [6.07, 6.45) is -2.23. The number of alkyl halides is 3. The van der Waals surface area contributed by atoms with Gasteiger partial charge in [0, 0.05) is 17.7 Å². The molecular weight excluding hydrogens is 464 g/mol. The van der Waals surface area contributed by atoms with Crippen molar-refractivity contribution in [1.82, 2.24) is 14.9 Å². The first-order valence-corrected chi connectivity index (χ1v) is 10.3. The number of hydrogen-bond acceptors (Lipinski definition) is 5. The van der Waals surface area contributed by atoms with Crippen LogP contribution in [0.25, 0.3) is 11.1 Å². The molecule has 0 unspecified atom stereocenters. The largest absolute Gasteiger partial charge is 0.573 e. The highest BCUT2D eigenvalue weighted by Crippen LogP contribution is 2.31. The minimum atomic E-state index is -5.08. The topological polar surface area (TPSA) is 64.6 Å². The number of carbonyl (C=O) groups excluding carboxylic acids is 1. The Hall–Kier alpha value is -3.23. The van der Waals surface area contributed by atoms with E-state index in [0.29, 0.717) is 0 Å². The quantitative estimate of drug-likeness (QED) is 0.418. The molecule has 3 aromatic rings. The van der Waals surface area contributed by atoms with Crippen molar-refractivity contribution in [3.8, 4) is 22.6 Å². The molecule has 0 aliphatic carbocycles. The molecule has 1 aromatic heterocycles. The first-order valence-electron chi connectivity index (χ1n) is 10.3. The first kappa shape index (κ1) is 25.9. The van der Waals surface area contributed by atoms with E-state index < -0.39 is 34.3 Å². The Labute approximate surface area is 212 Å². The normalized spacial score (nSPS) is 14.1. The highest BCUT2D eigenvalue weighted by Gasteiger charge is 2.37. The predicted molar refractivity (Wildman–Crippen MR) is 132 cm³/mol. The summed E-state index contributed by atoms with van der Waals surface area (Å²) >= 11 is 0. The summed E-state index contributed by atoms with van der Waals surface area (Å²) in [5.74, 6) is -1.35. The number of ether oxygens (including phenoxy) is 2. The summed E-state index contributed by atoms with van der Waals surface area (Å²) in [5.41, 5.74) is -1.56. The van der Waals surface area contributed by atoms with E-state index in [2.05, 4.69) is 14.7 Å². The van der Waals surface area contributed by atoms with Crippen molar-refractivity contribution in [3.05, 3.63) is 48.0 Å². The second-order valence-electron chi connectivity index (χ2n) is 7.82. The maximum Gasteiger partial charge on any atom is 0.573 e. The molecule has 2 heterocycles. The number of hydrogen-bond donors (Lipinski definition) is 0. The smallest absolute Gasteiger partial charge is 0.491 e. The fourth-order valence-electron chi connectivity index (χ4n) is 3.79. The summed E-state index contributed by atoms with van der Waals surface area (Å²) in [7, 11) is 36.2. The highest BCUT2D eigenvalue weighted by atomic mass is 19.4. The van der Waals surface area contributed by atoms with Gasteiger partial charge in [-0.3, -0.25) is 4.79 Å². The van der Waals surface area contributed by atoms with E-state index in [4.69, 9.17) is 51.8 Å². The Balaban J connectivity index is 1.81. The Morgan fingerprint density at radius 1 is 0.972 bits per heavy atom. The van der Waals surface area contributed by atoms with E-state index in [9.17, 15) is 18.0 Å². The zero-order valence-corrected chi connectivity index (χ0v) is 18.5. The van der Waals surface area contributed by atoms with E-state index >= 15 is 0 Å². The zero-order chi connectivity index (χ0) is 26.4. The van der Waals surface area contributed by atoms with Crippen LogP contribution in [0.4, 0.5) is 13.2 Å². The van der Waals surface area contributed by atoms with Gasteiger partial charge in [0.25, 0.3) is 5.91 Å². The number of benzene rings is 2. The minimum Gasteiger partial charge on any atom is -0.491 e. The number of aromatic nitrogens is 2. The molecule has 0 spiro atoms. The molecule has 36 heavy (non-hydrogen) atoms. The lowest BCUT2D eigenvalue weighted by molar-refractivity contribution is -0.273. The molecule has 2 aromatic carbocycles. The molecule has 0 fully saturated rings. The summed E-state index contributed by atoms with van der Waals surface area (Å²) in [6.45, 7) is 0.0521. The molecule has 0 saturated carbocycles. The SMILES string of the molecule is [B]c1c([B])c(-c2ccc3c(c2)C(=O)N(C([B])([B])c2ncccn2)CCO3)c([B])c([B])c1OC(F)(F)F. The van der Waals surface area contributed by atoms with Gasteiger partial charge >= 0.3 is 6.36 Å². The van der Waals surface area contributed by atoms with Gasteiger partial charge in [-0.25, -0.2) is 9.97 Å². The van der Waals surface area contributed by atoms with Crippen LogP contribution < -0.4 is 31.3 Å². The first-order chi connectivity index (χ1) is 16.8. The Kier molecular flexibility index (Phi) is 6.70. The van der Waals surface area contributed by atoms with Gasteiger partial charge in [-0.1, -0.05) is 27.9 Å². The van der Waals surface area contributed by atoms with Crippen molar-refractivity contribution in [1.29, 1.82) is 0 Å². The predicted octanol–water partition coefficient (Wildman–Crippen LogP) is -1.80. The van der Waals surface area contributed by atoms with E-state index in [-0.39, 0.29) is 52.3 Å². The van der Waals surface area contributed by atoms with Gasteiger partial charge in [-0.15, -0.1) is 13.2 Å². The molecule has 0 N–H and O–H groups in total. The van der Waals surface area contributed by atoms with Crippen molar-refractivity contribution in [2.24, 2.45) is 0 Å². The second kappa shape index (κ2) is 9.33. The number of carbonyl (C=O) groups is 1. The molecule has 0 atom stereocenters. The van der Waals surface area contributed by atoms with Crippen LogP contribution in [-0.2, 0) is 5.34 Å². The van der Waals surface area contributed by atoms with Crippen LogP contribution in [0.15, 0.2) is 36.7 Å². The minimum absolute atomic E-state index is 0.00174. The standard InChI is InChI=1S/C21H10B6F3N3O3/c22-13-12(14(23)16(25)17(15(13)24)36-21(28,29)30)9-2-3-11-10(8-9)18(34)33(6-7-35-11)20(26,27)19-31-4-1-5-32-19/h1-5,8H,6-7H2. The number of halogens is 3. The van der Waals surface area contributed by atoms with E-state index in [0.717, 1.165) is 4.90 Å². The van der Waals surface area contributed by atoms with Gasteiger partial charge in [-0.2, -0.15) is 0 Å². The van der Waals surface area contributed by atoms with Gasteiger partial charge in [0.2, 0.25) is 0 Å². The summed E-state index contributed by atoms with van der Waals surface area (Å²) in [6, 6.07) is 5.88. The molecule has 15 heteroatoms. The molecule has 166 valence electrons. The van der Waals surface area contributed by atoms with E-state index in [1.54, 1.807) is 6.07 Å². The monoisotopic (exact) mass is 475 g/mol. The van der Waals surface area contributed by atoms with Gasteiger partial charge in [-0.05, 0) is 29.3 Å². The molecule has 4 rings (SSSR count). The lowest BCUT2D eigenvalue weighted by atomic mass is 9.59. The van der Waals surface area contributed by atoms with Gasteiger partial charge < -0.3 is 14.4 Å². The van der Waals surface area contributed by atoms with Crippen LogP contribution in [0.5, 0.6) is 11.5 Å². The van der Waals surface area contributed by atoms with Crippen molar-refractivity contribution in [3.63, 3.8) is 0 Å². The summed E-state index contributed by atoms with van der Waals surface area (Å²) < 4.78 is 48.0. The molecular formula is C21H10B6F3N3O3. The van der Waals surface area contributed by atoms with Gasteiger partial charge in [0.05, 0.1) is 12.1 Å². The molecule has 12 radical (unpaired) electrons. The summed E-state index contributed by atoms with van der Waals surface area (Å²) in [5, 5.41) is -1.89. The maximum absolute atomic E-state index is 13.5. The molecule has 0 bridgehead atoms. The lowest BCUT2D eigenvalue weighted by Gasteiger charge is -2.37. The van der Waals surface area contributed by atoms with Crippen LogP contribution in [0.1, 0.15) is 16.2 Å². The van der Waals surface area contributed by atoms with Gasteiger partial charge in [0.1, 0.15) is 71.0 Å². The van der Waals surface area contributed by atoms with E-state index in [1.807, 2.05) is 0 Å². The molecule has 1 aliphatic rings. The van der Waals surface area contributed by atoms with Crippen LogP contribution in [0.2, 0.25) is 0 Å². The Morgan fingerprint density at radius 3 is 2.17 bits per heavy atom. The molecule has 6 nitrogen and oxygen atoms in total. The molecule has 1 amide bonds. The number of amides is 1. The second-order valence-corrected chi connectivity index (χ2v) is 7.82. The third kappa shape index (κ3) is 4.63. The average molecular weight is 474 g/mol. The van der Waals surface area contributed by atoms with Crippen LogP contribution in [0.3, 0.4) is 0 Å². The number of fused-ring (bicyclic) bond motifs is 1. The van der Waals surface area contributed by atoms with Crippen molar-refractivity contribution < 1.29 is 27.4 Å². The fraction of sp³-hybridized carbons (Fsp3) is 0.190. The van der Waals surface area contributed by atoms with Gasteiger partial charge in [0.15, 0.2) is 0 Å². The third-order valence-electron chi connectivity index (χ3n) is 5.51. The number of rotatable bonds is 4. The molecule has 0 saturated heterocycles. The third-order valence-corrected chi connectivity index (χ3v) is 5.51. The van der Waals surface area contributed by atoms with Crippen molar-refractivity contribution >= 4 is 74.8 Å². The van der Waals surface area contributed by atoms with Crippen LogP contribution in [-0.4, -0.2) is 87.4 Å². The Morgan fingerprint density at radius 2 is 1.58 bits per heavy atom. The molecule has 1 aliphatic heterocycles. The Bertz CT molecular complexity index is 1310. The maximum atomic E-state index is 13.5. The summed E-state index contributed by atoms with van der Waals surface area (Å²) in [4.78, 5) is 22.7. The van der Waals surface area contributed by atoms with Crippen LogP contribution in [0, 0.1) is 0 Å².